The zero-order chi connectivity index (χ0) is 26.3. The Morgan fingerprint density at radius 2 is 1.55 bits per heavy atom. The van der Waals surface area contributed by atoms with E-state index in [1.165, 1.54) is 57.6 Å². The van der Waals surface area contributed by atoms with Crippen LogP contribution in [0.3, 0.4) is 0 Å². The minimum Gasteiger partial charge on any atom is -0.283 e. The summed E-state index contributed by atoms with van der Waals surface area (Å²) in [6.07, 6.45) is 23.5. The van der Waals surface area contributed by atoms with E-state index in [1.54, 1.807) is 6.92 Å². The first-order valence-electron chi connectivity index (χ1n) is 12.7. The third-order valence-electron chi connectivity index (χ3n) is 4.51. The fraction of sp³-hybridized carbons (Fsp3) is 0.714. The average Bonchev–Trinajstić information content (AvgIpc) is 3.34. The van der Waals surface area contributed by atoms with Gasteiger partial charge in [-0.3, -0.25) is 4.29 Å². The van der Waals surface area contributed by atoms with Crippen molar-refractivity contribution in [3.05, 3.63) is 45.9 Å². The third kappa shape index (κ3) is 34.0. The number of unbranched alkanes of at least 4 members (excludes halogenated alkanes) is 3. The highest BCUT2D eigenvalue weighted by Gasteiger charge is 2.10. The number of allylic oxidation sites excluding steroid dienone is 7. The lowest BCUT2D eigenvalue weighted by Crippen LogP contribution is -1.85. The van der Waals surface area contributed by atoms with E-state index in [9.17, 15) is 3.89 Å². The molecule has 33 heavy (non-hydrogen) atoms. The van der Waals surface area contributed by atoms with E-state index in [2.05, 4.69) is 54.3 Å². The zero-order valence-electron chi connectivity index (χ0n) is 23.0. The monoisotopic (exact) mass is 526 g/mol. The fourth-order valence-electron chi connectivity index (χ4n) is 2.90. The first-order chi connectivity index (χ1) is 16.0. The van der Waals surface area contributed by atoms with Gasteiger partial charge < -0.3 is 0 Å². The van der Waals surface area contributed by atoms with Gasteiger partial charge in [0.15, 0.2) is 0 Å². The molecule has 0 aromatic heterocycles. The lowest BCUT2D eigenvalue weighted by molar-refractivity contribution is 0.463. The summed E-state index contributed by atoms with van der Waals surface area (Å²) in [7, 11) is 1.39. The Bertz CT molecular complexity index is 478. The standard InChI is InChI=1S/C16H24ClFS.C7H14.2C2H6.CH3ClO/c1-13(12-16(19-18)14(2)17)8-4-3-5-9-15-10-6-7-11-15;1-3-5-7-6-4-2;2*1-2;1-3-2/h5,9,12,15H,3-4,6-8,10-11H2,1-2H3;3,5H,4,6-7H2,1-2H3;2*1-2H3;1H3/b9-5+,13-12+,16-14-;5-3-;;;. The van der Waals surface area contributed by atoms with Crippen molar-refractivity contribution in [2.45, 2.75) is 120 Å². The summed E-state index contributed by atoms with van der Waals surface area (Å²) in [6.45, 7) is 16.0. The van der Waals surface area contributed by atoms with E-state index in [0.29, 0.717) is 9.94 Å². The smallest absolute Gasteiger partial charge is 0.0824 e. The Labute approximate surface area is 221 Å². The van der Waals surface area contributed by atoms with Crippen LogP contribution in [0.4, 0.5) is 3.89 Å². The first kappa shape index (κ1) is 40.0. The van der Waals surface area contributed by atoms with Crippen molar-refractivity contribution < 1.29 is 8.18 Å². The molecule has 5 heteroatoms. The SMILES string of the molecule is C/C(Cl)=C(\C=C(/C)CCC/C=C/C1CCCC1)SF.C/C=C\CCCC.CC.CC.COCl. The second kappa shape index (κ2) is 36.4. The molecule has 0 unspecified atom stereocenters. The molecule has 1 aliphatic rings. The van der Waals surface area contributed by atoms with Crippen LogP contribution in [-0.2, 0) is 4.29 Å². The summed E-state index contributed by atoms with van der Waals surface area (Å²) >= 11 is 10.5. The quantitative estimate of drug-likeness (QED) is 0.159. The van der Waals surface area contributed by atoms with Crippen LogP contribution >= 0.6 is 35.6 Å². The maximum atomic E-state index is 12.6. The number of hydrogen-bond acceptors (Lipinski definition) is 2. The van der Waals surface area contributed by atoms with Gasteiger partial charge in [-0.15, -0.1) is 0 Å². The van der Waals surface area contributed by atoms with Crippen LogP contribution in [0.25, 0.3) is 0 Å². The molecule has 1 rings (SSSR count). The van der Waals surface area contributed by atoms with E-state index in [-0.39, 0.29) is 12.1 Å². The molecule has 0 spiro atoms. The molecular formula is C28H53Cl2FOS. The van der Waals surface area contributed by atoms with Gasteiger partial charge in [0.25, 0.3) is 0 Å². The van der Waals surface area contributed by atoms with Crippen molar-refractivity contribution >= 4 is 35.6 Å². The molecule has 0 amide bonds. The van der Waals surface area contributed by atoms with Gasteiger partial charge in [-0.25, -0.2) is 0 Å². The second-order valence-electron chi connectivity index (χ2n) is 7.20. The fourth-order valence-corrected chi connectivity index (χ4v) is 3.39. The summed E-state index contributed by atoms with van der Waals surface area (Å²) in [5.74, 6) is 0.827. The van der Waals surface area contributed by atoms with Crippen LogP contribution in [0.1, 0.15) is 120 Å². The van der Waals surface area contributed by atoms with Gasteiger partial charge in [0.05, 0.1) is 36.0 Å². The van der Waals surface area contributed by atoms with Crippen LogP contribution in [-0.4, -0.2) is 7.11 Å². The predicted octanol–water partition coefficient (Wildman–Crippen LogP) is 12.5. The highest BCUT2D eigenvalue weighted by atomic mass is 35.5. The summed E-state index contributed by atoms with van der Waals surface area (Å²) < 4.78 is 16.3. The molecule has 198 valence electrons. The molecule has 0 aromatic rings. The molecule has 0 N–H and O–H groups in total. The summed E-state index contributed by atoms with van der Waals surface area (Å²) in [4.78, 5) is 0.528. The molecule has 0 radical (unpaired) electrons. The van der Waals surface area contributed by atoms with Crippen molar-refractivity contribution in [2.24, 2.45) is 5.92 Å². The van der Waals surface area contributed by atoms with Gasteiger partial charge in [-0.1, -0.05) is 102 Å². The number of halogens is 3. The highest BCUT2D eigenvalue weighted by molar-refractivity contribution is 7.98. The maximum absolute atomic E-state index is 12.6. The van der Waals surface area contributed by atoms with Gasteiger partial charge in [-0.2, -0.15) is 3.89 Å². The van der Waals surface area contributed by atoms with E-state index >= 15 is 0 Å². The Morgan fingerprint density at radius 1 is 1.03 bits per heavy atom. The highest BCUT2D eigenvalue weighted by Crippen LogP contribution is 2.27. The Balaban J connectivity index is -0.000000249. The summed E-state index contributed by atoms with van der Waals surface area (Å²) in [5, 5.41) is 0.521. The van der Waals surface area contributed by atoms with Crippen LogP contribution in [0.2, 0.25) is 0 Å². The molecule has 0 aromatic carbocycles. The van der Waals surface area contributed by atoms with E-state index in [1.807, 2.05) is 40.7 Å². The maximum Gasteiger partial charge on any atom is 0.0824 e. The average molecular weight is 528 g/mol. The third-order valence-corrected chi connectivity index (χ3v) is 5.42. The van der Waals surface area contributed by atoms with Gasteiger partial charge in [0.2, 0.25) is 0 Å². The van der Waals surface area contributed by atoms with Crippen molar-refractivity contribution in [2.75, 3.05) is 7.11 Å². The minimum absolute atomic E-state index is 0.224. The molecule has 0 heterocycles. The van der Waals surface area contributed by atoms with Crippen molar-refractivity contribution in [3.8, 4) is 0 Å². The van der Waals surface area contributed by atoms with E-state index in [0.717, 1.165) is 25.2 Å². The Hall–Kier alpha value is -0.220. The van der Waals surface area contributed by atoms with Gasteiger partial charge in [0.1, 0.15) is 0 Å². The molecule has 0 bridgehead atoms. The van der Waals surface area contributed by atoms with Gasteiger partial charge in [0, 0.05) is 5.03 Å². The van der Waals surface area contributed by atoms with Crippen molar-refractivity contribution in [1.29, 1.82) is 0 Å². The van der Waals surface area contributed by atoms with Crippen molar-refractivity contribution in [1.82, 2.24) is 0 Å². The summed E-state index contributed by atoms with van der Waals surface area (Å²) in [5.41, 5.74) is 1.19. The molecule has 0 saturated heterocycles. The topological polar surface area (TPSA) is 9.23 Å². The van der Waals surface area contributed by atoms with E-state index < -0.39 is 0 Å². The molecule has 1 saturated carbocycles. The van der Waals surface area contributed by atoms with Crippen LogP contribution in [0.5, 0.6) is 0 Å². The molecule has 1 fully saturated rings. The van der Waals surface area contributed by atoms with E-state index in [4.69, 9.17) is 11.6 Å². The normalized spacial score (nSPS) is 14.2. The minimum atomic E-state index is 0.224. The van der Waals surface area contributed by atoms with Crippen LogP contribution < -0.4 is 0 Å². The molecule has 1 nitrogen and oxygen atoms in total. The predicted molar refractivity (Wildman–Crippen MR) is 156 cm³/mol. The lowest BCUT2D eigenvalue weighted by Gasteiger charge is -2.02. The van der Waals surface area contributed by atoms with Crippen molar-refractivity contribution in [3.63, 3.8) is 0 Å². The Kier molecular flexibility index (Phi) is 44.0. The lowest BCUT2D eigenvalue weighted by atomic mass is 10.1. The largest absolute Gasteiger partial charge is 0.283 e. The van der Waals surface area contributed by atoms with Crippen LogP contribution in [0.15, 0.2) is 45.9 Å². The number of hydrogen-bond donors (Lipinski definition) is 0. The zero-order valence-corrected chi connectivity index (χ0v) is 25.3. The second-order valence-corrected chi connectivity index (χ2v) is 8.67. The van der Waals surface area contributed by atoms with Gasteiger partial charge >= 0.3 is 0 Å². The summed E-state index contributed by atoms with van der Waals surface area (Å²) in [6, 6.07) is 0. The first-order valence-corrected chi connectivity index (χ1v) is 14.1. The molecule has 1 aliphatic carbocycles. The Morgan fingerprint density at radius 3 is 1.97 bits per heavy atom. The number of rotatable bonds is 10. The molecule has 0 atom stereocenters. The molecular weight excluding hydrogens is 474 g/mol. The molecule has 0 aliphatic heterocycles. The van der Waals surface area contributed by atoms with Gasteiger partial charge in [-0.05, 0) is 71.3 Å². The van der Waals surface area contributed by atoms with Crippen LogP contribution in [0, 0.1) is 5.92 Å².